The topological polar surface area (TPSA) is 22.0 Å². The Kier molecular flexibility index (Phi) is 3.96. The summed E-state index contributed by atoms with van der Waals surface area (Å²) in [4.78, 5) is 13.3. The molecular weight excluding hydrogens is 450 g/mol. The first-order valence-corrected chi connectivity index (χ1v) is 13.0. The summed E-state index contributed by atoms with van der Waals surface area (Å²) in [5.41, 5.74) is 12.8. The lowest BCUT2D eigenvalue weighted by atomic mass is 9.82. The minimum absolute atomic E-state index is 0.0725. The zero-order valence-electron chi connectivity index (χ0n) is 20.9. The van der Waals surface area contributed by atoms with E-state index in [9.17, 15) is 4.79 Å². The minimum Gasteiger partial charge on any atom is -0.309 e. The molecule has 37 heavy (non-hydrogen) atoms. The number of hydrogen-bond acceptors (Lipinski definition) is 1. The number of ketones is 1. The van der Waals surface area contributed by atoms with Crippen LogP contribution in [0.4, 0.5) is 0 Å². The normalized spacial score (nSPS) is 14.9. The molecule has 8 rings (SSSR count). The molecule has 0 radical (unpaired) electrons. The van der Waals surface area contributed by atoms with Gasteiger partial charge >= 0.3 is 0 Å². The largest absolute Gasteiger partial charge is 0.309 e. The van der Waals surface area contributed by atoms with E-state index in [1.165, 1.54) is 44.1 Å². The number of carbonyl (C=O) groups excluding carboxylic acids is 1. The fourth-order valence-corrected chi connectivity index (χ4v) is 6.78. The van der Waals surface area contributed by atoms with Crippen LogP contribution in [0.5, 0.6) is 0 Å². The fraction of sp³-hybridized carbons (Fsp3) is 0.114. The summed E-state index contributed by atoms with van der Waals surface area (Å²) in [6.07, 6.45) is 0.458. The van der Waals surface area contributed by atoms with Crippen molar-refractivity contribution in [3.8, 4) is 27.9 Å². The van der Waals surface area contributed by atoms with Crippen LogP contribution in [0.2, 0.25) is 0 Å². The van der Waals surface area contributed by atoms with E-state index in [2.05, 4.69) is 115 Å². The van der Waals surface area contributed by atoms with Crippen LogP contribution < -0.4 is 0 Å². The third kappa shape index (κ3) is 2.68. The van der Waals surface area contributed by atoms with E-state index < -0.39 is 0 Å². The first kappa shape index (κ1) is 20.7. The third-order valence-corrected chi connectivity index (χ3v) is 8.60. The molecular formula is C35H25NO. The molecule has 2 heteroatoms. The van der Waals surface area contributed by atoms with Crippen molar-refractivity contribution in [2.45, 2.75) is 25.7 Å². The first-order valence-electron chi connectivity index (χ1n) is 13.0. The number of Topliss-reactive ketones (excluding diaryl/α,β-unsaturated/α-hetero) is 1. The van der Waals surface area contributed by atoms with E-state index in [1.54, 1.807) is 0 Å². The standard InChI is InChI=1S/C35H25NO/c1-35(2)30-13-7-5-11-25(30)27-19-28-26-12-6-8-14-32(26)36(33(28)20-31(27)35)22-15-16-24-23-10-4-3-9-21(23)17-34(37)29(24)18-22/h3-16,18-20H,17H2,1-2H3. The number of para-hydroxylation sites is 1. The molecule has 0 fully saturated rings. The second-order valence-electron chi connectivity index (χ2n) is 10.9. The Balaban J connectivity index is 1.43. The number of nitrogens with zero attached hydrogens (tertiary/aromatic N) is 1. The summed E-state index contributed by atoms with van der Waals surface area (Å²) >= 11 is 0. The van der Waals surface area contributed by atoms with Crippen LogP contribution >= 0.6 is 0 Å². The Morgan fingerprint density at radius 3 is 2.24 bits per heavy atom. The smallest absolute Gasteiger partial charge is 0.167 e. The molecule has 1 heterocycles. The van der Waals surface area contributed by atoms with E-state index in [-0.39, 0.29) is 11.2 Å². The highest BCUT2D eigenvalue weighted by Gasteiger charge is 2.36. The van der Waals surface area contributed by atoms with Crippen LogP contribution in [-0.4, -0.2) is 10.4 Å². The Morgan fingerprint density at radius 1 is 0.595 bits per heavy atom. The second-order valence-corrected chi connectivity index (χ2v) is 10.9. The number of hydrogen-bond donors (Lipinski definition) is 0. The van der Waals surface area contributed by atoms with Gasteiger partial charge in [0.15, 0.2) is 5.78 Å². The van der Waals surface area contributed by atoms with Gasteiger partial charge < -0.3 is 4.57 Å². The molecule has 0 saturated heterocycles. The maximum Gasteiger partial charge on any atom is 0.167 e. The van der Waals surface area contributed by atoms with E-state index in [1.807, 2.05) is 6.07 Å². The minimum atomic E-state index is -0.0725. The van der Waals surface area contributed by atoms with Crippen molar-refractivity contribution >= 4 is 27.6 Å². The summed E-state index contributed by atoms with van der Waals surface area (Å²) in [6, 6.07) is 36.9. The summed E-state index contributed by atoms with van der Waals surface area (Å²) in [7, 11) is 0. The number of carbonyl (C=O) groups is 1. The summed E-state index contributed by atoms with van der Waals surface area (Å²) in [5.74, 6) is 0.189. The summed E-state index contributed by atoms with van der Waals surface area (Å²) in [5, 5.41) is 2.48. The Morgan fingerprint density at radius 2 is 1.35 bits per heavy atom. The van der Waals surface area contributed by atoms with Gasteiger partial charge in [0.1, 0.15) is 0 Å². The maximum absolute atomic E-state index is 13.3. The fourth-order valence-electron chi connectivity index (χ4n) is 6.78. The molecule has 0 bridgehead atoms. The monoisotopic (exact) mass is 475 g/mol. The van der Waals surface area contributed by atoms with Crippen LogP contribution in [0.25, 0.3) is 49.7 Å². The van der Waals surface area contributed by atoms with Gasteiger partial charge in [-0.1, -0.05) is 86.6 Å². The Bertz CT molecular complexity index is 1950. The van der Waals surface area contributed by atoms with Gasteiger partial charge in [-0.15, -0.1) is 0 Å². The molecule has 2 aliphatic carbocycles. The van der Waals surface area contributed by atoms with Crippen molar-refractivity contribution in [3.63, 3.8) is 0 Å². The molecule has 1 aromatic heterocycles. The van der Waals surface area contributed by atoms with Crippen LogP contribution in [0.15, 0.2) is 103 Å². The summed E-state index contributed by atoms with van der Waals surface area (Å²) in [6.45, 7) is 4.65. The van der Waals surface area contributed by atoms with Crippen LogP contribution in [0, 0.1) is 0 Å². The van der Waals surface area contributed by atoms with E-state index in [4.69, 9.17) is 0 Å². The molecule has 0 amide bonds. The quantitative estimate of drug-likeness (QED) is 0.234. The lowest BCUT2D eigenvalue weighted by Crippen LogP contribution is -2.15. The van der Waals surface area contributed by atoms with Crippen molar-refractivity contribution in [3.05, 3.63) is 125 Å². The first-order chi connectivity index (χ1) is 18.0. The average molecular weight is 476 g/mol. The molecule has 2 aliphatic rings. The van der Waals surface area contributed by atoms with Crippen molar-refractivity contribution < 1.29 is 4.79 Å². The van der Waals surface area contributed by atoms with Crippen LogP contribution in [-0.2, 0) is 11.8 Å². The number of benzene rings is 5. The molecule has 5 aromatic carbocycles. The lowest BCUT2D eigenvalue weighted by Gasteiger charge is -2.22. The van der Waals surface area contributed by atoms with Gasteiger partial charge in [0.2, 0.25) is 0 Å². The van der Waals surface area contributed by atoms with Crippen LogP contribution in [0.1, 0.15) is 40.9 Å². The second kappa shape index (κ2) is 7.08. The van der Waals surface area contributed by atoms with Gasteiger partial charge in [-0.2, -0.15) is 0 Å². The van der Waals surface area contributed by atoms with Gasteiger partial charge in [0.05, 0.1) is 11.0 Å². The zero-order valence-corrected chi connectivity index (χ0v) is 20.9. The van der Waals surface area contributed by atoms with Gasteiger partial charge in [0, 0.05) is 33.9 Å². The van der Waals surface area contributed by atoms with Crippen molar-refractivity contribution in [2.24, 2.45) is 0 Å². The van der Waals surface area contributed by atoms with E-state index >= 15 is 0 Å². The van der Waals surface area contributed by atoms with Crippen LogP contribution in [0.3, 0.4) is 0 Å². The van der Waals surface area contributed by atoms with Crippen molar-refractivity contribution in [2.75, 3.05) is 0 Å². The van der Waals surface area contributed by atoms with Gasteiger partial charge in [-0.05, 0) is 69.3 Å². The summed E-state index contributed by atoms with van der Waals surface area (Å²) < 4.78 is 2.35. The highest BCUT2D eigenvalue weighted by molar-refractivity contribution is 6.12. The van der Waals surface area contributed by atoms with E-state index in [0.29, 0.717) is 6.42 Å². The van der Waals surface area contributed by atoms with Crippen molar-refractivity contribution in [1.82, 2.24) is 4.57 Å². The number of fused-ring (bicyclic) bond motifs is 9. The molecule has 0 saturated carbocycles. The maximum atomic E-state index is 13.3. The molecule has 0 aliphatic heterocycles. The lowest BCUT2D eigenvalue weighted by molar-refractivity contribution is 0.0992. The average Bonchev–Trinajstić information content (AvgIpc) is 3.36. The van der Waals surface area contributed by atoms with Gasteiger partial charge in [-0.3, -0.25) is 4.79 Å². The van der Waals surface area contributed by atoms with Crippen molar-refractivity contribution in [1.29, 1.82) is 0 Å². The molecule has 6 aromatic rings. The third-order valence-electron chi connectivity index (χ3n) is 8.60. The highest BCUT2D eigenvalue weighted by Crippen LogP contribution is 2.51. The predicted molar refractivity (Wildman–Crippen MR) is 152 cm³/mol. The Hall–Kier alpha value is -4.43. The molecule has 0 spiro atoms. The van der Waals surface area contributed by atoms with Gasteiger partial charge in [-0.25, -0.2) is 0 Å². The van der Waals surface area contributed by atoms with E-state index in [0.717, 1.165) is 27.9 Å². The predicted octanol–water partition coefficient (Wildman–Crippen LogP) is 8.50. The molecule has 2 nitrogen and oxygen atoms in total. The highest BCUT2D eigenvalue weighted by atomic mass is 16.1. The molecule has 0 N–H and O–H groups in total. The SMILES string of the molecule is CC1(C)c2ccccc2-c2cc3c4ccccc4n(-c4ccc5c(c4)C(=O)Cc4ccccc4-5)c3cc21. The molecule has 176 valence electrons. The Labute approximate surface area is 215 Å². The van der Waals surface area contributed by atoms with Gasteiger partial charge in [0.25, 0.3) is 0 Å². The zero-order chi connectivity index (χ0) is 24.9. The number of rotatable bonds is 1. The molecule has 0 unspecified atom stereocenters. The number of aromatic nitrogens is 1. The molecule has 0 atom stereocenters.